The number of hydrogen-bond donors (Lipinski definition) is 2. The van der Waals surface area contributed by atoms with E-state index >= 15 is 0 Å². The Hall–Kier alpha value is -2.22. The zero-order chi connectivity index (χ0) is 15.5. The van der Waals surface area contributed by atoms with Gasteiger partial charge in [-0.2, -0.15) is 0 Å². The van der Waals surface area contributed by atoms with E-state index in [0.29, 0.717) is 44.0 Å². The summed E-state index contributed by atoms with van der Waals surface area (Å²) < 4.78 is 5.26. The molecule has 1 aliphatic rings. The summed E-state index contributed by atoms with van der Waals surface area (Å²) in [5.74, 6) is 0.127. The third kappa shape index (κ3) is 3.27. The fourth-order valence-corrected chi connectivity index (χ4v) is 2.37. The Morgan fingerprint density at radius 2 is 2.24 bits per heavy atom. The van der Waals surface area contributed by atoms with Crippen molar-refractivity contribution in [3.05, 3.63) is 27.9 Å². The Bertz CT molecular complexity index is 555. The highest BCUT2D eigenvalue weighted by molar-refractivity contribution is 5.81. The van der Waals surface area contributed by atoms with Gasteiger partial charge in [-0.3, -0.25) is 14.9 Å². The van der Waals surface area contributed by atoms with Gasteiger partial charge in [0.05, 0.1) is 10.3 Å². The highest BCUT2D eigenvalue weighted by Gasteiger charge is 2.38. The molecule has 1 amide bonds. The van der Waals surface area contributed by atoms with Gasteiger partial charge in [0.25, 0.3) is 5.69 Å². The molecule has 0 aromatic carbocycles. The predicted octanol–water partition coefficient (Wildman–Crippen LogP) is 0.992. The Balaban J connectivity index is 2.09. The maximum atomic E-state index is 11.7. The third-order valence-electron chi connectivity index (χ3n) is 3.86. The highest BCUT2D eigenvalue weighted by Crippen LogP contribution is 2.30. The number of amides is 1. The fraction of sp³-hybridized carbons (Fsp3) is 0.538. The molecule has 114 valence electrons. The van der Waals surface area contributed by atoms with E-state index in [2.05, 4.69) is 10.3 Å². The Morgan fingerprint density at radius 1 is 1.57 bits per heavy atom. The van der Waals surface area contributed by atoms with E-state index in [4.69, 9.17) is 10.5 Å². The molecule has 0 unspecified atom stereocenters. The van der Waals surface area contributed by atoms with Gasteiger partial charge >= 0.3 is 0 Å². The van der Waals surface area contributed by atoms with Crippen LogP contribution in [0.15, 0.2) is 12.3 Å². The molecule has 2 heterocycles. The normalized spacial score (nSPS) is 17.2. The van der Waals surface area contributed by atoms with E-state index < -0.39 is 10.3 Å². The van der Waals surface area contributed by atoms with Crippen LogP contribution >= 0.6 is 0 Å². The zero-order valence-corrected chi connectivity index (χ0v) is 11.8. The minimum absolute atomic E-state index is 0.0313. The van der Waals surface area contributed by atoms with Crippen molar-refractivity contribution in [2.24, 2.45) is 11.1 Å². The van der Waals surface area contributed by atoms with Gasteiger partial charge in [-0.1, -0.05) is 0 Å². The highest BCUT2D eigenvalue weighted by atomic mass is 16.6. The lowest BCUT2D eigenvalue weighted by Gasteiger charge is -2.34. The first-order chi connectivity index (χ1) is 9.94. The number of ether oxygens (including phenoxy) is 1. The van der Waals surface area contributed by atoms with Gasteiger partial charge in [0.1, 0.15) is 12.0 Å². The van der Waals surface area contributed by atoms with Gasteiger partial charge in [0.15, 0.2) is 0 Å². The molecule has 1 saturated heterocycles. The summed E-state index contributed by atoms with van der Waals surface area (Å²) >= 11 is 0. The number of hydrogen-bond acceptors (Lipinski definition) is 6. The lowest BCUT2D eigenvalue weighted by Crippen LogP contribution is -2.46. The van der Waals surface area contributed by atoms with Crippen LogP contribution in [0.5, 0.6) is 0 Å². The van der Waals surface area contributed by atoms with Crippen LogP contribution in [0.4, 0.5) is 11.5 Å². The van der Waals surface area contributed by atoms with E-state index in [1.54, 1.807) is 13.0 Å². The number of nitrogens with one attached hydrogen (secondary N) is 1. The van der Waals surface area contributed by atoms with E-state index in [1.165, 1.54) is 6.20 Å². The number of anilines is 1. The van der Waals surface area contributed by atoms with Crippen molar-refractivity contribution in [2.75, 3.05) is 25.1 Å². The molecule has 8 nitrogen and oxygen atoms in total. The third-order valence-corrected chi connectivity index (χ3v) is 3.86. The maximum absolute atomic E-state index is 11.7. The van der Waals surface area contributed by atoms with Crippen LogP contribution in [0.3, 0.4) is 0 Å². The summed E-state index contributed by atoms with van der Waals surface area (Å²) in [4.78, 5) is 26.0. The van der Waals surface area contributed by atoms with Crippen LogP contribution in [-0.2, 0) is 9.53 Å². The van der Waals surface area contributed by atoms with Crippen molar-refractivity contribution in [3.63, 3.8) is 0 Å². The second kappa shape index (κ2) is 6.04. The first-order valence-corrected chi connectivity index (χ1v) is 6.67. The van der Waals surface area contributed by atoms with Crippen LogP contribution in [0.2, 0.25) is 0 Å². The molecule has 0 bridgehead atoms. The van der Waals surface area contributed by atoms with Crippen molar-refractivity contribution < 1.29 is 14.5 Å². The van der Waals surface area contributed by atoms with Crippen molar-refractivity contribution >= 4 is 17.4 Å². The molecule has 3 N–H and O–H groups in total. The molecule has 1 aromatic rings. The predicted molar refractivity (Wildman–Crippen MR) is 75.8 cm³/mol. The van der Waals surface area contributed by atoms with Crippen LogP contribution in [0, 0.1) is 22.5 Å². The quantitative estimate of drug-likeness (QED) is 0.617. The van der Waals surface area contributed by atoms with Crippen LogP contribution in [0.1, 0.15) is 18.4 Å². The van der Waals surface area contributed by atoms with Crippen molar-refractivity contribution in [2.45, 2.75) is 19.8 Å². The number of primary amides is 1. The average Bonchev–Trinajstić information content (AvgIpc) is 2.45. The van der Waals surface area contributed by atoms with Crippen LogP contribution in [0.25, 0.3) is 0 Å². The molecule has 1 aromatic heterocycles. The lowest BCUT2D eigenvalue weighted by atomic mass is 9.79. The summed E-state index contributed by atoms with van der Waals surface area (Å²) in [6, 6.07) is 1.59. The topological polar surface area (TPSA) is 120 Å². The Labute approximate surface area is 121 Å². The number of aryl methyl sites for hydroxylation is 1. The number of pyridine rings is 1. The SMILES string of the molecule is Cc1cc(NCC2(C(N)=O)CCOCC2)ncc1[N+](=O)[O-]. The van der Waals surface area contributed by atoms with E-state index in [0.717, 1.165) is 0 Å². The van der Waals surface area contributed by atoms with Gasteiger partial charge < -0.3 is 15.8 Å². The zero-order valence-electron chi connectivity index (χ0n) is 11.8. The van der Waals surface area contributed by atoms with Gasteiger partial charge in [0.2, 0.25) is 5.91 Å². The molecular formula is C13H18N4O4. The molecule has 0 spiro atoms. The molecule has 1 fully saturated rings. The van der Waals surface area contributed by atoms with Crippen LogP contribution in [-0.4, -0.2) is 35.6 Å². The number of carbonyl (C=O) groups is 1. The van der Waals surface area contributed by atoms with Crippen LogP contribution < -0.4 is 11.1 Å². The lowest BCUT2D eigenvalue weighted by molar-refractivity contribution is -0.385. The molecule has 0 saturated carbocycles. The molecule has 8 heteroatoms. The maximum Gasteiger partial charge on any atom is 0.290 e. The van der Waals surface area contributed by atoms with Crippen molar-refractivity contribution in [3.8, 4) is 0 Å². The van der Waals surface area contributed by atoms with E-state index in [1.807, 2.05) is 0 Å². The number of aromatic nitrogens is 1. The largest absolute Gasteiger partial charge is 0.381 e. The van der Waals surface area contributed by atoms with Gasteiger partial charge in [-0.15, -0.1) is 0 Å². The first-order valence-electron chi connectivity index (χ1n) is 6.67. The Kier molecular flexibility index (Phi) is 4.37. The minimum atomic E-state index is -0.657. The summed E-state index contributed by atoms with van der Waals surface area (Å²) in [7, 11) is 0. The van der Waals surface area contributed by atoms with Gasteiger partial charge in [0, 0.05) is 25.3 Å². The number of carbonyl (C=O) groups excluding carboxylic acids is 1. The van der Waals surface area contributed by atoms with Crippen molar-refractivity contribution in [1.82, 2.24) is 4.98 Å². The first kappa shape index (κ1) is 15.2. The molecule has 2 rings (SSSR count). The summed E-state index contributed by atoms with van der Waals surface area (Å²) in [5.41, 5.74) is 5.34. The second-order valence-electron chi connectivity index (χ2n) is 5.22. The second-order valence-corrected chi connectivity index (χ2v) is 5.22. The molecule has 0 atom stereocenters. The van der Waals surface area contributed by atoms with Gasteiger partial charge in [-0.05, 0) is 25.8 Å². The number of rotatable bonds is 5. The summed E-state index contributed by atoms with van der Waals surface area (Å²) in [5, 5.41) is 13.8. The molecule has 0 radical (unpaired) electrons. The molecule has 21 heavy (non-hydrogen) atoms. The van der Waals surface area contributed by atoms with Gasteiger partial charge in [-0.25, -0.2) is 4.98 Å². The number of nitro groups is 1. The minimum Gasteiger partial charge on any atom is -0.381 e. The summed E-state index contributed by atoms with van der Waals surface area (Å²) in [6.45, 7) is 2.98. The standard InChI is InChI=1S/C13H18N4O4/c1-9-6-11(15-7-10(9)17(19)20)16-8-13(12(14)18)2-4-21-5-3-13/h6-7H,2-5,8H2,1H3,(H2,14,18)(H,15,16). The molecule has 1 aliphatic heterocycles. The fourth-order valence-electron chi connectivity index (χ4n) is 2.37. The average molecular weight is 294 g/mol. The molecular weight excluding hydrogens is 276 g/mol. The van der Waals surface area contributed by atoms with E-state index in [9.17, 15) is 14.9 Å². The molecule has 0 aliphatic carbocycles. The smallest absolute Gasteiger partial charge is 0.290 e. The number of nitrogens with two attached hydrogens (primary N) is 1. The Morgan fingerprint density at radius 3 is 2.76 bits per heavy atom. The van der Waals surface area contributed by atoms with E-state index in [-0.39, 0.29) is 11.6 Å². The number of nitrogens with zero attached hydrogens (tertiary/aromatic N) is 2. The monoisotopic (exact) mass is 294 g/mol. The van der Waals surface area contributed by atoms with Crippen molar-refractivity contribution in [1.29, 1.82) is 0 Å². The summed E-state index contributed by atoms with van der Waals surface area (Å²) in [6.07, 6.45) is 2.32.